The highest BCUT2D eigenvalue weighted by Gasteiger charge is 2.20. The van der Waals surface area contributed by atoms with Crippen LogP contribution in [0.2, 0.25) is 0 Å². The zero-order chi connectivity index (χ0) is 16.3. The molecule has 1 aromatic heterocycles. The maximum absolute atomic E-state index is 12.6. The predicted molar refractivity (Wildman–Crippen MR) is 88.2 cm³/mol. The molecule has 22 heavy (non-hydrogen) atoms. The van der Waals surface area contributed by atoms with Gasteiger partial charge in [-0.05, 0) is 54.3 Å². The average molecular weight is 318 g/mol. The molecular formula is C16H22N4OS. The second-order valence-corrected chi connectivity index (χ2v) is 7.27. The second-order valence-electron chi connectivity index (χ2n) is 5.96. The third-order valence-corrected chi connectivity index (χ3v) is 4.55. The van der Waals surface area contributed by atoms with Crippen molar-refractivity contribution in [3.63, 3.8) is 0 Å². The molecule has 1 atom stereocenters. The van der Waals surface area contributed by atoms with E-state index in [0.717, 1.165) is 17.7 Å². The number of hydrogen-bond donors (Lipinski definition) is 0. The number of thioether (sulfide) groups is 1. The number of aromatic nitrogens is 4. The van der Waals surface area contributed by atoms with Crippen LogP contribution in [0.25, 0.3) is 0 Å². The van der Waals surface area contributed by atoms with Gasteiger partial charge in [0.15, 0.2) is 5.78 Å². The highest BCUT2D eigenvalue weighted by Crippen LogP contribution is 2.24. The first-order valence-electron chi connectivity index (χ1n) is 7.42. The minimum atomic E-state index is -0.223. The smallest absolute Gasteiger partial charge is 0.210 e. The number of aryl methyl sites for hydroxylation is 2. The number of hydrogen-bond acceptors (Lipinski definition) is 5. The summed E-state index contributed by atoms with van der Waals surface area (Å²) in [7, 11) is 0. The van der Waals surface area contributed by atoms with E-state index >= 15 is 0 Å². The Kier molecular flexibility index (Phi) is 5.34. The summed E-state index contributed by atoms with van der Waals surface area (Å²) in [5.41, 5.74) is 3.07. The van der Waals surface area contributed by atoms with Gasteiger partial charge in [0.25, 0.3) is 0 Å². The van der Waals surface area contributed by atoms with Crippen LogP contribution in [0.5, 0.6) is 0 Å². The molecule has 5 nitrogen and oxygen atoms in total. The van der Waals surface area contributed by atoms with E-state index in [9.17, 15) is 4.79 Å². The van der Waals surface area contributed by atoms with E-state index in [1.807, 2.05) is 39.0 Å². The molecular weight excluding hydrogens is 296 g/mol. The molecule has 0 aliphatic rings. The molecule has 0 radical (unpaired) electrons. The molecule has 0 aliphatic carbocycles. The lowest BCUT2D eigenvalue weighted by Gasteiger charge is -2.12. The number of carbonyl (C=O) groups is 1. The zero-order valence-electron chi connectivity index (χ0n) is 13.7. The number of carbonyl (C=O) groups excluding carboxylic acids is 1. The molecule has 0 spiro atoms. The standard InChI is InChI=1S/C16H22N4OS/c1-10(2)9-20-16(17-18-19-20)22-13(5)15(21)14-7-6-11(3)12(4)8-14/h6-8,10,13H,9H2,1-5H3. The van der Waals surface area contributed by atoms with Gasteiger partial charge in [-0.15, -0.1) is 5.10 Å². The van der Waals surface area contributed by atoms with Gasteiger partial charge in [0.1, 0.15) is 0 Å². The molecule has 0 aliphatic heterocycles. The van der Waals surface area contributed by atoms with Crippen LogP contribution >= 0.6 is 11.8 Å². The van der Waals surface area contributed by atoms with Crippen molar-refractivity contribution in [1.82, 2.24) is 20.2 Å². The highest BCUT2D eigenvalue weighted by molar-refractivity contribution is 8.00. The van der Waals surface area contributed by atoms with Gasteiger partial charge in [0, 0.05) is 12.1 Å². The minimum Gasteiger partial charge on any atom is -0.293 e. The van der Waals surface area contributed by atoms with Crippen molar-refractivity contribution >= 4 is 17.5 Å². The fourth-order valence-electron chi connectivity index (χ4n) is 2.08. The molecule has 1 unspecified atom stereocenters. The van der Waals surface area contributed by atoms with Crippen LogP contribution in [0, 0.1) is 19.8 Å². The fourth-order valence-corrected chi connectivity index (χ4v) is 2.96. The van der Waals surface area contributed by atoms with Gasteiger partial charge in [0.2, 0.25) is 5.16 Å². The van der Waals surface area contributed by atoms with Crippen molar-refractivity contribution in [1.29, 1.82) is 0 Å². The first-order chi connectivity index (χ1) is 10.4. The van der Waals surface area contributed by atoms with Gasteiger partial charge in [-0.1, -0.05) is 37.7 Å². The Balaban J connectivity index is 2.11. The second kappa shape index (κ2) is 7.05. The lowest BCUT2D eigenvalue weighted by Crippen LogP contribution is -2.16. The van der Waals surface area contributed by atoms with E-state index in [0.29, 0.717) is 11.1 Å². The maximum atomic E-state index is 12.6. The zero-order valence-corrected chi connectivity index (χ0v) is 14.5. The Morgan fingerprint density at radius 3 is 2.59 bits per heavy atom. The van der Waals surface area contributed by atoms with Gasteiger partial charge in [-0.3, -0.25) is 4.79 Å². The third-order valence-electron chi connectivity index (χ3n) is 3.48. The Labute approximate surface area is 135 Å². The summed E-state index contributed by atoms with van der Waals surface area (Å²) in [6.45, 7) is 10.9. The SMILES string of the molecule is Cc1ccc(C(=O)C(C)Sc2nnnn2CC(C)C)cc1C. The molecule has 2 rings (SSSR count). The molecule has 6 heteroatoms. The summed E-state index contributed by atoms with van der Waals surface area (Å²) in [4.78, 5) is 12.6. The van der Waals surface area contributed by atoms with Crippen molar-refractivity contribution in [3.05, 3.63) is 34.9 Å². The molecule has 0 bridgehead atoms. The number of tetrazole rings is 1. The van der Waals surface area contributed by atoms with Crippen LogP contribution in [-0.2, 0) is 6.54 Å². The number of benzene rings is 1. The molecule has 0 saturated carbocycles. The van der Waals surface area contributed by atoms with Crippen molar-refractivity contribution < 1.29 is 4.79 Å². The maximum Gasteiger partial charge on any atom is 0.210 e. The van der Waals surface area contributed by atoms with E-state index in [1.165, 1.54) is 17.3 Å². The molecule has 0 saturated heterocycles. The van der Waals surface area contributed by atoms with E-state index in [1.54, 1.807) is 4.68 Å². The Bertz CT molecular complexity index is 666. The number of nitrogens with zero attached hydrogens (tertiary/aromatic N) is 4. The van der Waals surface area contributed by atoms with Gasteiger partial charge in [-0.25, -0.2) is 4.68 Å². The molecule has 0 fully saturated rings. The van der Waals surface area contributed by atoms with Crippen LogP contribution in [-0.4, -0.2) is 31.2 Å². The minimum absolute atomic E-state index is 0.104. The van der Waals surface area contributed by atoms with Gasteiger partial charge >= 0.3 is 0 Å². The number of ketones is 1. The van der Waals surface area contributed by atoms with Crippen molar-refractivity contribution in [2.75, 3.05) is 0 Å². The monoisotopic (exact) mass is 318 g/mol. The Morgan fingerprint density at radius 1 is 1.23 bits per heavy atom. The van der Waals surface area contributed by atoms with Gasteiger partial charge in [-0.2, -0.15) is 0 Å². The Hall–Kier alpha value is -1.69. The van der Waals surface area contributed by atoms with Crippen LogP contribution in [0.15, 0.2) is 23.4 Å². The molecule has 0 N–H and O–H groups in total. The predicted octanol–water partition coefficient (Wildman–Crippen LogP) is 3.31. The molecule has 0 amide bonds. The summed E-state index contributed by atoms with van der Waals surface area (Å²) in [6, 6.07) is 5.83. The Morgan fingerprint density at radius 2 is 1.95 bits per heavy atom. The summed E-state index contributed by atoms with van der Waals surface area (Å²) < 4.78 is 1.76. The molecule has 1 aromatic carbocycles. The molecule has 2 aromatic rings. The summed E-state index contributed by atoms with van der Waals surface area (Å²) in [5.74, 6) is 0.556. The topological polar surface area (TPSA) is 60.7 Å². The largest absolute Gasteiger partial charge is 0.293 e. The summed E-state index contributed by atoms with van der Waals surface area (Å²) in [6.07, 6.45) is 0. The van der Waals surface area contributed by atoms with E-state index < -0.39 is 0 Å². The molecule has 1 heterocycles. The van der Waals surface area contributed by atoms with Crippen LogP contribution < -0.4 is 0 Å². The van der Waals surface area contributed by atoms with Crippen LogP contribution in [0.3, 0.4) is 0 Å². The number of rotatable bonds is 6. The van der Waals surface area contributed by atoms with Crippen molar-refractivity contribution in [2.24, 2.45) is 5.92 Å². The van der Waals surface area contributed by atoms with Gasteiger partial charge in [0.05, 0.1) is 5.25 Å². The van der Waals surface area contributed by atoms with E-state index in [2.05, 4.69) is 29.4 Å². The first kappa shape index (κ1) is 16.7. The lowest BCUT2D eigenvalue weighted by molar-refractivity contribution is 0.0993. The highest BCUT2D eigenvalue weighted by atomic mass is 32.2. The molecule has 118 valence electrons. The third kappa shape index (κ3) is 3.94. The van der Waals surface area contributed by atoms with Crippen LogP contribution in [0.1, 0.15) is 42.3 Å². The van der Waals surface area contributed by atoms with E-state index in [4.69, 9.17) is 0 Å². The van der Waals surface area contributed by atoms with Gasteiger partial charge < -0.3 is 0 Å². The summed E-state index contributed by atoms with van der Waals surface area (Å²) >= 11 is 1.41. The lowest BCUT2D eigenvalue weighted by atomic mass is 10.0. The quantitative estimate of drug-likeness (QED) is 0.604. The average Bonchev–Trinajstić information content (AvgIpc) is 2.87. The van der Waals surface area contributed by atoms with Crippen LogP contribution in [0.4, 0.5) is 0 Å². The normalized spacial score (nSPS) is 12.6. The fraction of sp³-hybridized carbons (Fsp3) is 0.500. The first-order valence-corrected chi connectivity index (χ1v) is 8.30. The van der Waals surface area contributed by atoms with Crippen molar-refractivity contribution in [3.8, 4) is 0 Å². The summed E-state index contributed by atoms with van der Waals surface area (Å²) in [5, 5.41) is 12.2. The van der Waals surface area contributed by atoms with E-state index in [-0.39, 0.29) is 11.0 Å². The van der Waals surface area contributed by atoms with Crippen molar-refractivity contribution in [2.45, 2.75) is 51.6 Å². The number of Topliss-reactive ketones (excluding diaryl/α,β-unsaturated/α-hetero) is 1.